The SMILES string of the molecule is CCCNCc1sc(N2CCC(C)CC2C)nc1C(C)C. The summed E-state index contributed by atoms with van der Waals surface area (Å²) in [7, 11) is 0. The first-order valence-corrected chi connectivity index (χ1v) is 9.31. The lowest BCUT2D eigenvalue weighted by molar-refractivity contribution is 0.377. The Hall–Kier alpha value is -0.610. The molecule has 1 aromatic rings. The highest BCUT2D eigenvalue weighted by atomic mass is 32.1. The van der Waals surface area contributed by atoms with Crippen molar-refractivity contribution in [2.75, 3.05) is 18.0 Å². The Balaban J connectivity index is 2.14. The summed E-state index contributed by atoms with van der Waals surface area (Å²) >= 11 is 1.90. The van der Waals surface area contributed by atoms with Crippen LogP contribution in [0.15, 0.2) is 0 Å². The molecule has 0 aliphatic carbocycles. The molecule has 3 nitrogen and oxygen atoms in total. The topological polar surface area (TPSA) is 28.2 Å². The van der Waals surface area contributed by atoms with Crippen molar-refractivity contribution in [1.29, 1.82) is 0 Å². The van der Waals surface area contributed by atoms with Gasteiger partial charge >= 0.3 is 0 Å². The number of aromatic nitrogens is 1. The Kier molecular flexibility index (Phi) is 6.06. The lowest BCUT2D eigenvalue weighted by atomic mass is 9.94. The van der Waals surface area contributed by atoms with Crippen molar-refractivity contribution in [3.63, 3.8) is 0 Å². The number of hydrogen-bond acceptors (Lipinski definition) is 4. The molecule has 0 amide bonds. The molecule has 1 aromatic heterocycles. The van der Waals surface area contributed by atoms with Gasteiger partial charge in [-0.25, -0.2) is 4.98 Å². The predicted molar refractivity (Wildman–Crippen MR) is 93.4 cm³/mol. The quantitative estimate of drug-likeness (QED) is 0.790. The third-order valence-corrected chi connectivity index (χ3v) is 5.47. The van der Waals surface area contributed by atoms with E-state index in [4.69, 9.17) is 4.98 Å². The van der Waals surface area contributed by atoms with Crippen molar-refractivity contribution < 1.29 is 0 Å². The fraction of sp³-hybridized carbons (Fsp3) is 0.824. The van der Waals surface area contributed by atoms with Gasteiger partial charge in [-0.1, -0.05) is 27.7 Å². The first-order chi connectivity index (χ1) is 10.0. The molecule has 2 heterocycles. The Morgan fingerprint density at radius 1 is 1.38 bits per heavy atom. The molecule has 120 valence electrons. The molecule has 1 aliphatic rings. The van der Waals surface area contributed by atoms with Crippen LogP contribution in [0.5, 0.6) is 0 Å². The second-order valence-corrected chi connectivity index (χ2v) is 7.87. The Morgan fingerprint density at radius 2 is 2.14 bits per heavy atom. The van der Waals surface area contributed by atoms with Gasteiger partial charge in [0.05, 0.1) is 5.69 Å². The number of nitrogens with one attached hydrogen (secondary N) is 1. The zero-order chi connectivity index (χ0) is 15.4. The molecule has 1 aliphatic heterocycles. The van der Waals surface area contributed by atoms with Crippen molar-refractivity contribution in [3.05, 3.63) is 10.6 Å². The van der Waals surface area contributed by atoms with Gasteiger partial charge in [-0.15, -0.1) is 11.3 Å². The lowest BCUT2D eigenvalue weighted by Gasteiger charge is -2.36. The standard InChI is InChI=1S/C17H31N3S/c1-6-8-18-11-15-16(12(2)3)19-17(21-15)20-9-7-13(4)10-14(20)5/h12-14,18H,6-11H2,1-5H3. The van der Waals surface area contributed by atoms with Crippen LogP contribution in [-0.4, -0.2) is 24.1 Å². The first kappa shape index (κ1) is 16.8. The van der Waals surface area contributed by atoms with E-state index in [0.717, 1.165) is 25.6 Å². The Labute approximate surface area is 134 Å². The highest BCUT2D eigenvalue weighted by molar-refractivity contribution is 7.15. The molecule has 0 spiro atoms. The molecule has 2 rings (SSSR count). The van der Waals surface area contributed by atoms with Crippen molar-refractivity contribution in [2.24, 2.45) is 5.92 Å². The third kappa shape index (κ3) is 4.19. The molecule has 21 heavy (non-hydrogen) atoms. The van der Waals surface area contributed by atoms with Crippen molar-refractivity contribution in [3.8, 4) is 0 Å². The molecular weight excluding hydrogens is 278 g/mol. The van der Waals surface area contributed by atoms with Crippen LogP contribution in [0.3, 0.4) is 0 Å². The summed E-state index contributed by atoms with van der Waals surface area (Å²) in [5.41, 5.74) is 1.30. The summed E-state index contributed by atoms with van der Waals surface area (Å²) in [6, 6.07) is 0.622. The van der Waals surface area contributed by atoms with E-state index in [1.165, 1.54) is 35.0 Å². The first-order valence-electron chi connectivity index (χ1n) is 8.49. The van der Waals surface area contributed by atoms with E-state index in [0.29, 0.717) is 12.0 Å². The van der Waals surface area contributed by atoms with Gasteiger partial charge in [0.25, 0.3) is 0 Å². The van der Waals surface area contributed by atoms with Crippen LogP contribution in [0, 0.1) is 5.92 Å². The monoisotopic (exact) mass is 309 g/mol. The normalized spacial score (nSPS) is 23.0. The average Bonchev–Trinajstić information content (AvgIpc) is 2.83. The van der Waals surface area contributed by atoms with Crippen LogP contribution in [0.25, 0.3) is 0 Å². The number of thiazole rings is 1. The Bertz CT molecular complexity index is 441. The maximum atomic E-state index is 4.99. The van der Waals surface area contributed by atoms with Gasteiger partial charge in [-0.2, -0.15) is 0 Å². The fourth-order valence-electron chi connectivity index (χ4n) is 3.12. The molecule has 1 saturated heterocycles. The summed E-state index contributed by atoms with van der Waals surface area (Å²) in [5, 5.41) is 4.78. The molecule has 0 saturated carbocycles. The summed E-state index contributed by atoms with van der Waals surface area (Å²) in [6.45, 7) is 14.7. The predicted octanol–water partition coefficient (Wildman–Crippen LogP) is 4.39. The van der Waals surface area contributed by atoms with E-state index in [9.17, 15) is 0 Å². The zero-order valence-corrected chi connectivity index (χ0v) is 15.1. The lowest BCUT2D eigenvalue weighted by Crippen LogP contribution is -2.40. The molecule has 1 N–H and O–H groups in total. The molecule has 0 bridgehead atoms. The smallest absolute Gasteiger partial charge is 0.186 e. The summed E-state index contributed by atoms with van der Waals surface area (Å²) < 4.78 is 0. The van der Waals surface area contributed by atoms with Crippen LogP contribution in [0.2, 0.25) is 0 Å². The molecular formula is C17H31N3S. The number of rotatable bonds is 6. The highest BCUT2D eigenvalue weighted by Gasteiger charge is 2.26. The molecule has 2 unspecified atom stereocenters. The Morgan fingerprint density at radius 3 is 2.76 bits per heavy atom. The second-order valence-electron chi connectivity index (χ2n) is 6.81. The molecule has 2 atom stereocenters. The molecule has 0 radical (unpaired) electrons. The van der Waals surface area contributed by atoms with Gasteiger partial charge in [0.1, 0.15) is 0 Å². The van der Waals surface area contributed by atoms with Gasteiger partial charge in [0.2, 0.25) is 0 Å². The van der Waals surface area contributed by atoms with E-state index in [2.05, 4.69) is 44.8 Å². The average molecular weight is 310 g/mol. The van der Waals surface area contributed by atoms with Gasteiger partial charge in [-0.3, -0.25) is 0 Å². The van der Waals surface area contributed by atoms with E-state index >= 15 is 0 Å². The van der Waals surface area contributed by atoms with E-state index in [1.807, 2.05) is 11.3 Å². The summed E-state index contributed by atoms with van der Waals surface area (Å²) in [4.78, 5) is 8.95. The van der Waals surface area contributed by atoms with Crippen molar-refractivity contribution in [2.45, 2.75) is 72.4 Å². The second kappa shape index (κ2) is 7.59. The molecule has 0 aromatic carbocycles. The van der Waals surface area contributed by atoms with Crippen LogP contribution in [0.4, 0.5) is 5.13 Å². The van der Waals surface area contributed by atoms with Gasteiger partial charge in [-0.05, 0) is 44.6 Å². The number of piperidine rings is 1. The van der Waals surface area contributed by atoms with E-state index in [1.54, 1.807) is 0 Å². The van der Waals surface area contributed by atoms with E-state index < -0.39 is 0 Å². The maximum absolute atomic E-state index is 4.99. The summed E-state index contributed by atoms with van der Waals surface area (Å²) in [6.07, 6.45) is 3.77. The van der Waals surface area contributed by atoms with Crippen LogP contribution in [-0.2, 0) is 6.54 Å². The van der Waals surface area contributed by atoms with Crippen LogP contribution in [0.1, 0.15) is 70.4 Å². The minimum Gasteiger partial charge on any atom is -0.345 e. The van der Waals surface area contributed by atoms with Crippen LogP contribution < -0.4 is 10.2 Å². The fourth-order valence-corrected chi connectivity index (χ4v) is 4.43. The third-order valence-electron chi connectivity index (χ3n) is 4.36. The minimum absolute atomic E-state index is 0.507. The van der Waals surface area contributed by atoms with E-state index in [-0.39, 0.29) is 0 Å². The maximum Gasteiger partial charge on any atom is 0.186 e. The molecule has 4 heteroatoms. The largest absolute Gasteiger partial charge is 0.345 e. The number of hydrogen-bond donors (Lipinski definition) is 1. The highest BCUT2D eigenvalue weighted by Crippen LogP contribution is 2.35. The number of nitrogens with zero attached hydrogens (tertiary/aromatic N) is 2. The van der Waals surface area contributed by atoms with Gasteiger partial charge < -0.3 is 10.2 Å². The summed E-state index contributed by atoms with van der Waals surface area (Å²) in [5.74, 6) is 1.36. The number of anilines is 1. The minimum atomic E-state index is 0.507. The van der Waals surface area contributed by atoms with Gasteiger partial charge in [0, 0.05) is 24.0 Å². The molecule has 1 fully saturated rings. The van der Waals surface area contributed by atoms with Crippen molar-refractivity contribution in [1.82, 2.24) is 10.3 Å². The van der Waals surface area contributed by atoms with Crippen molar-refractivity contribution >= 4 is 16.5 Å². The van der Waals surface area contributed by atoms with Gasteiger partial charge in [0.15, 0.2) is 5.13 Å². The van der Waals surface area contributed by atoms with Crippen LogP contribution >= 0.6 is 11.3 Å². The zero-order valence-electron chi connectivity index (χ0n) is 14.3.